The standard InChI is InChI=1S/C10H10Cl2O4/c11-3-7(13)10(14)5-1-8-9(2-6(5)12)16-4-15-8/h1-2,7,10,13-14H,3-4H2. The summed E-state index contributed by atoms with van der Waals surface area (Å²) in [6.07, 6.45) is -2.21. The smallest absolute Gasteiger partial charge is 0.231 e. The van der Waals surface area contributed by atoms with Gasteiger partial charge in [0.2, 0.25) is 6.79 Å². The van der Waals surface area contributed by atoms with Gasteiger partial charge in [-0.25, -0.2) is 0 Å². The van der Waals surface area contributed by atoms with Crippen molar-refractivity contribution in [3.05, 3.63) is 22.7 Å². The summed E-state index contributed by atoms with van der Waals surface area (Å²) < 4.78 is 10.3. The molecule has 1 heterocycles. The maximum Gasteiger partial charge on any atom is 0.231 e. The third kappa shape index (κ3) is 2.06. The minimum atomic E-state index is -1.14. The zero-order valence-corrected chi connectivity index (χ0v) is 9.70. The Hall–Kier alpha value is -0.680. The predicted octanol–water partition coefficient (Wildman–Crippen LogP) is 1.70. The molecule has 1 aliphatic heterocycles. The summed E-state index contributed by atoms with van der Waals surface area (Å²) in [6, 6.07) is 3.09. The van der Waals surface area contributed by atoms with Gasteiger partial charge < -0.3 is 19.7 Å². The van der Waals surface area contributed by atoms with Gasteiger partial charge in [0.05, 0.1) is 17.0 Å². The molecule has 1 aromatic carbocycles. The van der Waals surface area contributed by atoms with Crippen LogP contribution in [0.25, 0.3) is 0 Å². The van der Waals surface area contributed by atoms with Crippen LogP contribution >= 0.6 is 23.2 Å². The fourth-order valence-electron chi connectivity index (χ4n) is 1.45. The number of halogens is 2. The molecule has 16 heavy (non-hydrogen) atoms. The third-order valence-corrected chi connectivity index (χ3v) is 2.98. The van der Waals surface area contributed by atoms with E-state index in [1.165, 1.54) is 0 Å². The lowest BCUT2D eigenvalue weighted by molar-refractivity contribution is 0.0327. The van der Waals surface area contributed by atoms with Gasteiger partial charge in [0.25, 0.3) is 0 Å². The maximum atomic E-state index is 9.79. The molecule has 88 valence electrons. The van der Waals surface area contributed by atoms with E-state index in [0.717, 1.165) is 0 Å². The van der Waals surface area contributed by atoms with Crippen molar-refractivity contribution in [3.8, 4) is 11.5 Å². The summed E-state index contributed by atoms with van der Waals surface area (Å²) in [5.74, 6) is 0.952. The third-order valence-electron chi connectivity index (χ3n) is 2.33. The fourth-order valence-corrected chi connectivity index (χ4v) is 1.89. The molecule has 0 saturated heterocycles. The van der Waals surface area contributed by atoms with Crippen LogP contribution in [-0.4, -0.2) is 29.0 Å². The van der Waals surface area contributed by atoms with E-state index in [-0.39, 0.29) is 12.7 Å². The van der Waals surface area contributed by atoms with Crippen LogP contribution < -0.4 is 9.47 Å². The Labute approximate surface area is 102 Å². The number of aliphatic hydroxyl groups is 2. The van der Waals surface area contributed by atoms with Crippen LogP contribution in [0.3, 0.4) is 0 Å². The summed E-state index contributed by atoms with van der Waals surface area (Å²) in [7, 11) is 0. The number of rotatable bonds is 3. The Bertz CT molecular complexity index is 397. The summed E-state index contributed by atoms with van der Waals surface area (Å²) in [6.45, 7) is 0.128. The topological polar surface area (TPSA) is 58.9 Å². The number of aliphatic hydroxyl groups excluding tert-OH is 2. The molecule has 2 unspecified atom stereocenters. The van der Waals surface area contributed by atoms with Crippen LogP contribution in [0.15, 0.2) is 12.1 Å². The van der Waals surface area contributed by atoms with E-state index in [4.69, 9.17) is 32.7 Å². The molecule has 0 amide bonds. The largest absolute Gasteiger partial charge is 0.454 e. The molecule has 6 heteroatoms. The minimum Gasteiger partial charge on any atom is -0.454 e. The maximum absolute atomic E-state index is 9.79. The number of alkyl halides is 1. The number of hydrogen-bond donors (Lipinski definition) is 2. The SMILES string of the molecule is OC(CCl)C(O)c1cc2c(cc1Cl)OCO2. The predicted molar refractivity (Wildman–Crippen MR) is 59.3 cm³/mol. The van der Waals surface area contributed by atoms with E-state index in [1.54, 1.807) is 12.1 Å². The molecule has 2 N–H and O–H groups in total. The quantitative estimate of drug-likeness (QED) is 0.817. The molecule has 0 spiro atoms. The van der Waals surface area contributed by atoms with Gasteiger partial charge in [-0.3, -0.25) is 0 Å². The van der Waals surface area contributed by atoms with Gasteiger partial charge in [-0.2, -0.15) is 0 Å². The van der Waals surface area contributed by atoms with E-state index in [2.05, 4.69) is 0 Å². The second kappa shape index (κ2) is 4.67. The first-order valence-corrected chi connectivity index (χ1v) is 5.56. The monoisotopic (exact) mass is 264 g/mol. The van der Waals surface area contributed by atoms with Gasteiger partial charge in [0.1, 0.15) is 6.10 Å². The zero-order valence-electron chi connectivity index (χ0n) is 8.19. The average Bonchev–Trinajstić information content (AvgIpc) is 2.72. The van der Waals surface area contributed by atoms with Crippen LogP contribution in [0.4, 0.5) is 0 Å². The highest BCUT2D eigenvalue weighted by Gasteiger charge is 2.24. The lowest BCUT2D eigenvalue weighted by atomic mass is 10.0. The average molecular weight is 265 g/mol. The molecule has 2 rings (SSSR count). The molecule has 1 aromatic rings. The normalized spacial score (nSPS) is 17.2. The molecule has 4 nitrogen and oxygen atoms in total. The molecule has 0 bridgehead atoms. The van der Waals surface area contributed by atoms with Crippen molar-refractivity contribution in [2.75, 3.05) is 12.7 Å². The highest BCUT2D eigenvalue weighted by Crippen LogP contribution is 2.39. The highest BCUT2D eigenvalue weighted by molar-refractivity contribution is 6.31. The molecule has 0 aliphatic carbocycles. The van der Waals surface area contributed by atoms with Crippen molar-refractivity contribution in [2.24, 2.45) is 0 Å². The van der Waals surface area contributed by atoms with Crippen molar-refractivity contribution in [2.45, 2.75) is 12.2 Å². The summed E-state index contributed by atoms with van der Waals surface area (Å²) >= 11 is 11.4. The Morgan fingerprint density at radius 2 is 1.88 bits per heavy atom. The van der Waals surface area contributed by atoms with E-state index in [0.29, 0.717) is 22.1 Å². The Morgan fingerprint density at radius 1 is 1.25 bits per heavy atom. The first kappa shape index (κ1) is 11.8. The Balaban J connectivity index is 2.34. The molecule has 0 saturated carbocycles. The number of ether oxygens (including phenoxy) is 2. The lowest BCUT2D eigenvalue weighted by Gasteiger charge is -2.17. The minimum absolute atomic E-state index is 0.0774. The lowest BCUT2D eigenvalue weighted by Crippen LogP contribution is -2.19. The van der Waals surface area contributed by atoms with Gasteiger partial charge in [0, 0.05) is 11.6 Å². The van der Waals surface area contributed by atoms with Crippen LogP contribution in [0.1, 0.15) is 11.7 Å². The van der Waals surface area contributed by atoms with Gasteiger partial charge in [-0.1, -0.05) is 11.6 Å². The van der Waals surface area contributed by atoms with Crippen molar-refractivity contribution < 1.29 is 19.7 Å². The van der Waals surface area contributed by atoms with Crippen LogP contribution in [0.2, 0.25) is 5.02 Å². The fraction of sp³-hybridized carbons (Fsp3) is 0.400. The van der Waals surface area contributed by atoms with Crippen molar-refractivity contribution in [1.82, 2.24) is 0 Å². The molecular weight excluding hydrogens is 255 g/mol. The highest BCUT2D eigenvalue weighted by atomic mass is 35.5. The molecule has 0 fully saturated rings. The second-order valence-electron chi connectivity index (χ2n) is 3.39. The number of benzene rings is 1. The van der Waals surface area contributed by atoms with Crippen molar-refractivity contribution >= 4 is 23.2 Å². The van der Waals surface area contributed by atoms with E-state index in [1.807, 2.05) is 0 Å². The van der Waals surface area contributed by atoms with Crippen LogP contribution in [0.5, 0.6) is 11.5 Å². The molecular formula is C10H10Cl2O4. The van der Waals surface area contributed by atoms with E-state index in [9.17, 15) is 10.2 Å². The van der Waals surface area contributed by atoms with Gasteiger partial charge in [0.15, 0.2) is 11.5 Å². The second-order valence-corrected chi connectivity index (χ2v) is 4.11. The van der Waals surface area contributed by atoms with Crippen LogP contribution in [-0.2, 0) is 0 Å². The van der Waals surface area contributed by atoms with E-state index >= 15 is 0 Å². The summed E-state index contributed by atoms with van der Waals surface area (Å²) in [4.78, 5) is 0. The Morgan fingerprint density at radius 3 is 2.50 bits per heavy atom. The first-order valence-electron chi connectivity index (χ1n) is 4.64. The Kier molecular flexibility index (Phi) is 3.44. The van der Waals surface area contributed by atoms with Crippen LogP contribution in [0, 0.1) is 0 Å². The van der Waals surface area contributed by atoms with E-state index < -0.39 is 12.2 Å². The van der Waals surface area contributed by atoms with Gasteiger partial charge >= 0.3 is 0 Å². The van der Waals surface area contributed by atoms with Crippen molar-refractivity contribution in [3.63, 3.8) is 0 Å². The molecule has 2 atom stereocenters. The zero-order chi connectivity index (χ0) is 11.7. The number of hydrogen-bond acceptors (Lipinski definition) is 4. The number of fused-ring (bicyclic) bond motifs is 1. The van der Waals surface area contributed by atoms with Crippen molar-refractivity contribution in [1.29, 1.82) is 0 Å². The van der Waals surface area contributed by atoms with Gasteiger partial charge in [-0.15, -0.1) is 11.6 Å². The summed E-state index contributed by atoms with van der Waals surface area (Å²) in [5, 5.41) is 19.5. The first-order chi connectivity index (χ1) is 7.63. The summed E-state index contributed by atoms with van der Waals surface area (Å²) in [5.41, 5.74) is 0.374. The van der Waals surface area contributed by atoms with Gasteiger partial charge in [-0.05, 0) is 6.07 Å². The molecule has 1 aliphatic rings. The molecule has 0 radical (unpaired) electrons. The molecule has 0 aromatic heterocycles.